The number of ether oxygens (including phenoxy) is 1. The van der Waals surface area contributed by atoms with Crippen LogP contribution >= 0.6 is 0 Å². The van der Waals surface area contributed by atoms with Crippen molar-refractivity contribution in [2.45, 2.75) is 12.3 Å². The lowest BCUT2D eigenvalue weighted by Crippen LogP contribution is -2.19. The van der Waals surface area contributed by atoms with Crippen molar-refractivity contribution in [3.05, 3.63) is 72.1 Å². The molecule has 0 saturated heterocycles. The molecule has 0 unspecified atom stereocenters. The van der Waals surface area contributed by atoms with Gasteiger partial charge in [0.2, 0.25) is 0 Å². The van der Waals surface area contributed by atoms with Crippen molar-refractivity contribution in [1.82, 2.24) is 4.98 Å². The van der Waals surface area contributed by atoms with Crippen LogP contribution in [0.2, 0.25) is 0 Å². The highest BCUT2D eigenvalue weighted by atomic mass is 16.5. The number of aromatic nitrogens is 1. The second-order valence-corrected chi connectivity index (χ2v) is 5.20. The van der Waals surface area contributed by atoms with Gasteiger partial charge in [-0.1, -0.05) is 36.4 Å². The Balaban J connectivity index is 1.97. The van der Waals surface area contributed by atoms with Crippen molar-refractivity contribution in [2.24, 2.45) is 5.92 Å². The van der Waals surface area contributed by atoms with Crippen LogP contribution in [-0.2, 0) is 9.53 Å². The van der Waals surface area contributed by atoms with Crippen LogP contribution in [0.4, 0.5) is 0 Å². The van der Waals surface area contributed by atoms with Crippen LogP contribution in [0.15, 0.2) is 60.9 Å². The van der Waals surface area contributed by atoms with Crippen LogP contribution in [0.25, 0.3) is 5.57 Å². The number of pyridine rings is 1. The quantitative estimate of drug-likeness (QED) is 0.808. The fourth-order valence-electron chi connectivity index (χ4n) is 2.93. The summed E-state index contributed by atoms with van der Waals surface area (Å²) < 4.78 is 4.98. The smallest absolute Gasteiger partial charge is 0.309 e. The average molecular weight is 279 g/mol. The fraction of sp³-hybridized carbons (Fsp3) is 0.222. The molecule has 1 aromatic carbocycles. The van der Waals surface area contributed by atoms with Crippen LogP contribution in [0.1, 0.15) is 23.5 Å². The molecule has 0 fully saturated rings. The van der Waals surface area contributed by atoms with E-state index in [0.717, 1.165) is 5.56 Å². The van der Waals surface area contributed by atoms with Crippen molar-refractivity contribution in [2.75, 3.05) is 7.11 Å². The molecular weight excluding hydrogens is 262 g/mol. The van der Waals surface area contributed by atoms with Gasteiger partial charge in [-0.2, -0.15) is 0 Å². The van der Waals surface area contributed by atoms with Gasteiger partial charge in [0.15, 0.2) is 0 Å². The summed E-state index contributed by atoms with van der Waals surface area (Å²) in [4.78, 5) is 16.2. The summed E-state index contributed by atoms with van der Waals surface area (Å²) in [7, 11) is 1.45. The molecule has 3 nitrogen and oxygen atoms in total. The van der Waals surface area contributed by atoms with Gasteiger partial charge >= 0.3 is 5.97 Å². The van der Waals surface area contributed by atoms with E-state index in [0.29, 0.717) is 6.42 Å². The number of nitrogens with zero attached hydrogens (tertiary/aromatic N) is 1. The lowest BCUT2D eigenvalue weighted by Gasteiger charge is -2.17. The van der Waals surface area contributed by atoms with Crippen LogP contribution < -0.4 is 0 Å². The van der Waals surface area contributed by atoms with Crippen LogP contribution in [0.3, 0.4) is 0 Å². The Morgan fingerprint density at radius 1 is 1.14 bits per heavy atom. The van der Waals surface area contributed by atoms with Gasteiger partial charge in [-0.3, -0.25) is 9.78 Å². The summed E-state index contributed by atoms with van der Waals surface area (Å²) in [5.74, 6) is -0.262. The van der Waals surface area contributed by atoms with Gasteiger partial charge in [0.05, 0.1) is 13.0 Å². The zero-order valence-corrected chi connectivity index (χ0v) is 11.9. The van der Waals surface area contributed by atoms with Crippen molar-refractivity contribution in [3.63, 3.8) is 0 Å². The molecule has 0 amide bonds. The number of rotatable bonds is 3. The minimum atomic E-state index is -0.160. The highest BCUT2D eigenvalue weighted by Crippen LogP contribution is 2.42. The monoisotopic (exact) mass is 279 g/mol. The fourth-order valence-corrected chi connectivity index (χ4v) is 2.93. The highest BCUT2D eigenvalue weighted by Gasteiger charge is 2.35. The Bertz CT molecular complexity index is 649. The van der Waals surface area contributed by atoms with Crippen molar-refractivity contribution in [1.29, 1.82) is 0 Å². The van der Waals surface area contributed by atoms with Gasteiger partial charge in [-0.15, -0.1) is 0 Å². The largest absolute Gasteiger partial charge is 0.469 e. The summed E-state index contributed by atoms with van der Waals surface area (Å²) in [5.41, 5.74) is 3.47. The first-order valence-electron chi connectivity index (χ1n) is 7.03. The number of allylic oxidation sites excluding steroid dienone is 2. The lowest BCUT2D eigenvalue weighted by molar-refractivity contribution is -0.145. The van der Waals surface area contributed by atoms with E-state index in [4.69, 9.17) is 4.74 Å². The molecule has 0 bridgehead atoms. The van der Waals surface area contributed by atoms with E-state index in [1.165, 1.54) is 18.2 Å². The molecular formula is C18H17NO2. The number of hydrogen-bond donors (Lipinski definition) is 0. The van der Waals surface area contributed by atoms with E-state index in [2.05, 4.69) is 23.2 Å². The Hall–Kier alpha value is -2.42. The Labute approximate surface area is 124 Å². The Morgan fingerprint density at radius 2 is 1.86 bits per heavy atom. The van der Waals surface area contributed by atoms with Crippen LogP contribution in [0, 0.1) is 5.92 Å². The van der Waals surface area contributed by atoms with E-state index < -0.39 is 0 Å². The number of carbonyl (C=O) groups excluding carboxylic acids is 1. The molecule has 2 atom stereocenters. The summed E-state index contributed by atoms with van der Waals surface area (Å²) in [6.45, 7) is 0. The van der Waals surface area contributed by atoms with Crippen molar-refractivity contribution >= 4 is 11.5 Å². The molecule has 0 radical (unpaired) electrons. The van der Waals surface area contributed by atoms with E-state index in [1.807, 2.05) is 30.3 Å². The van der Waals surface area contributed by atoms with Gasteiger partial charge < -0.3 is 4.74 Å². The lowest BCUT2D eigenvalue weighted by atomic mass is 9.89. The first kappa shape index (κ1) is 13.6. The average Bonchev–Trinajstić information content (AvgIpc) is 3.01. The molecule has 1 aliphatic carbocycles. The summed E-state index contributed by atoms with van der Waals surface area (Å²) in [6.07, 6.45) is 6.42. The highest BCUT2D eigenvalue weighted by molar-refractivity contribution is 5.82. The van der Waals surface area contributed by atoms with Crippen LogP contribution in [-0.4, -0.2) is 18.1 Å². The number of esters is 1. The standard InChI is InChI=1S/C18H17NO2/c1-21-18(20)17-12-15(13-5-3-2-4-6-13)11-16(17)14-7-9-19-10-8-14/h2-11,16-17H,12H2,1H3/t16-,17-/m1/s1. The predicted molar refractivity (Wildman–Crippen MR) is 81.5 cm³/mol. The number of hydrogen-bond acceptors (Lipinski definition) is 3. The third kappa shape index (κ3) is 2.72. The van der Waals surface area contributed by atoms with Crippen LogP contribution in [0.5, 0.6) is 0 Å². The summed E-state index contributed by atoms with van der Waals surface area (Å²) in [6, 6.07) is 14.1. The zero-order chi connectivity index (χ0) is 14.7. The molecule has 1 aliphatic rings. The first-order chi connectivity index (χ1) is 10.3. The molecule has 0 aliphatic heterocycles. The second-order valence-electron chi connectivity index (χ2n) is 5.20. The maximum atomic E-state index is 12.1. The molecule has 21 heavy (non-hydrogen) atoms. The molecule has 1 heterocycles. The molecule has 106 valence electrons. The zero-order valence-electron chi connectivity index (χ0n) is 11.9. The minimum absolute atomic E-state index is 0.0515. The van der Waals surface area contributed by atoms with E-state index in [1.54, 1.807) is 12.4 Å². The Kier molecular flexibility index (Phi) is 3.82. The minimum Gasteiger partial charge on any atom is -0.469 e. The Morgan fingerprint density at radius 3 is 2.52 bits per heavy atom. The maximum absolute atomic E-state index is 12.1. The number of benzene rings is 1. The topological polar surface area (TPSA) is 39.2 Å². The number of carbonyl (C=O) groups is 1. The maximum Gasteiger partial charge on any atom is 0.309 e. The predicted octanol–water partition coefficient (Wildman–Crippen LogP) is 3.44. The molecule has 0 saturated carbocycles. The summed E-state index contributed by atoms with van der Waals surface area (Å²) >= 11 is 0. The van der Waals surface area contributed by atoms with E-state index >= 15 is 0 Å². The third-order valence-corrected chi connectivity index (χ3v) is 3.99. The van der Waals surface area contributed by atoms with E-state index in [-0.39, 0.29) is 17.8 Å². The number of methoxy groups -OCH3 is 1. The molecule has 3 heteroatoms. The SMILES string of the molecule is COC(=O)[C@@H]1CC(c2ccccc2)=C[C@@H]1c1ccncc1. The van der Waals surface area contributed by atoms with Gasteiger partial charge in [0.1, 0.15) is 0 Å². The molecule has 0 N–H and O–H groups in total. The van der Waals surface area contributed by atoms with Crippen molar-refractivity contribution in [3.8, 4) is 0 Å². The molecule has 3 rings (SSSR count). The molecule has 0 spiro atoms. The van der Waals surface area contributed by atoms with E-state index in [9.17, 15) is 4.79 Å². The van der Waals surface area contributed by atoms with Gasteiger partial charge in [0, 0.05) is 18.3 Å². The first-order valence-corrected chi connectivity index (χ1v) is 7.03. The normalized spacial score (nSPS) is 20.9. The van der Waals surface area contributed by atoms with Gasteiger partial charge in [0.25, 0.3) is 0 Å². The molecule has 1 aromatic heterocycles. The third-order valence-electron chi connectivity index (χ3n) is 3.99. The second kappa shape index (κ2) is 5.92. The van der Waals surface area contributed by atoms with Crippen molar-refractivity contribution < 1.29 is 9.53 Å². The van der Waals surface area contributed by atoms with Gasteiger partial charge in [-0.05, 0) is 35.3 Å². The molecule has 2 aromatic rings. The summed E-state index contributed by atoms with van der Waals surface area (Å²) in [5, 5.41) is 0. The van der Waals surface area contributed by atoms with Gasteiger partial charge in [-0.25, -0.2) is 0 Å².